The first-order valence-corrected chi connectivity index (χ1v) is 9.99. The molecule has 0 nitrogen and oxygen atoms in total. The van der Waals surface area contributed by atoms with E-state index in [0.29, 0.717) is 0 Å². The van der Waals surface area contributed by atoms with Gasteiger partial charge in [-0.05, 0) is 27.5 Å². The van der Waals surface area contributed by atoms with E-state index < -0.39 is 8.83 Å². The Labute approximate surface area is 139 Å². The summed E-state index contributed by atoms with van der Waals surface area (Å²) in [7, 11) is -0.749. The molecule has 2 aromatic rings. The molecule has 0 fully saturated rings. The van der Waals surface area contributed by atoms with Crippen molar-refractivity contribution in [2.24, 2.45) is 0 Å². The number of hydrogen-bond acceptors (Lipinski definition) is 0. The number of hydrogen-bond donors (Lipinski definition) is 0. The van der Waals surface area contributed by atoms with Crippen molar-refractivity contribution in [1.29, 1.82) is 0 Å². The lowest BCUT2D eigenvalue weighted by molar-refractivity contribution is 1.61. The number of allylic oxidation sites excluding steroid dienone is 2. The van der Waals surface area contributed by atoms with Crippen molar-refractivity contribution in [3.8, 4) is 0 Å². The van der Waals surface area contributed by atoms with Crippen LogP contribution in [0.2, 0.25) is 0 Å². The Morgan fingerprint density at radius 1 is 0.773 bits per heavy atom. The summed E-state index contributed by atoms with van der Waals surface area (Å²) in [4.78, 5) is 0. The van der Waals surface area contributed by atoms with E-state index in [1.807, 2.05) is 12.2 Å². The van der Waals surface area contributed by atoms with Gasteiger partial charge in [-0.15, -0.1) is 0 Å². The van der Waals surface area contributed by atoms with Gasteiger partial charge < -0.3 is 0 Å². The van der Waals surface area contributed by atoms with Crippen molar-refractivity contribution in [1.82, 2.24) is 0 Å². The SMILES string of the molecule is C=Cc1ccc(C=CC(=Cc2ccc(C=C)cc2)[SiH2]Cl)cc1. The molecule has 0 radical (unpaired) electrons. The maximum absolute atomic E-state index is 6.18. The molecule has 0 amide bonds. The van der Waals surface area contributed by atoms with Crippen molar-refractivity contribution >= 4 is 44.2 Å². The molecule has 0 heterocycles. The van der Waals surface area contributed by atoms with Crippen LogP contribution in [0.25, 0.3) is 24.3 Å². The molecule has 0 aliphatic heterocycles. The maximum atomic E-state index is 6.18. The fraction of sp³-hybridized carbons (Fsp3) is 0. The Balaban J connectivity index is 2.15. The zero-order valence-electron chi connectivity index (χ0n) is 12.5. The molecule has 0 unspecified atom stereocenters. The van der Waals surface area contributed by atoms with Crippen molar-refractivity contribution < 1.29 is 0 Å². The summed E-state index contributed by atoms with van der Waals surface area (Å²) in [5.41, 5.74) is 4.58. The molecule has 0 atom stereocenters. The standard InChI is InChI=1S/C20H19ClSi/c1-3-16-5-9-18(10-6-16)13-14-20(22-21)15-19-11-7-17(4-2)8-12-19/h3-15H,1-2,22H2. The summed E-state index contributed by atoms with van der Waals surface area (Å²) in [6, 6.07) is 16.6. The van der Waals surface area contributed by atoms with Gasteiger partial charge in [0.2, 0.25) is 0 Å². The molecule has 2 aromatic carbocycles. The summed E-state index contributed by atoms with van der Waals surface area (Å²) >= 11 is 6.18. The van der Waals surface area contributed by atoms with Crippen molar-refractivity contribution in [3.63, 3.8) is 0 Å². The highest BCUT2D eigenvalue weighted by molar-refractivity contribution is 6.98. The molecule has 0 aromatic heterocycles. The van der Waals surface area contributed by atoms with Gasteiger partial charge >= 0.3 is 0 Å². The molecular formula is C20H19ClSi. The predicted molar refractivity (Wildman–Crippen MR) is 104 cm³/mol. The van der Waals surface area contributed by atoms with Gasteiger partial charge in [-0.2, -0.15) is 11.1 Å². The first kappa shape index (κ1) is 16.3. The molecule has 110 valence electrons. The smallest absolute Gasteiger partial charge is 0.155 e. The molecule has 0 aliphatic carbocycles. The van der Waals surface area contributed by atoms with Gasteiger partial charge in [0.1, 0.15) is 0 Å². The third kappa shape index (κ3) is 4.73. The Kier molecular flexibility index (Phi) is 6.20. The van der Waals surface area contributed by atoms with Gasteiger partial charge in [-0.25, -0.2) is 0 Å². The lowest BCUT2D eigenvalue weighted by Crippen LogP contribution is -1.85. The number of halogens is 1. The van der Waals surface area contributed by atoms with Gasteiger partial charge in [0.15, 0.2) is 8.83 Å². The van der Waals surface area contributed by atoms with E-state index in [1.54, 1.807) is 0 Å². The van der Waals surface area contributed by atoms with Crippen LogP contribution in [-0.4, -0.2) is 8.83 Å². The first-order valence-electron chi connectivity index (χ1n) is 7.15. The van der Waals surface area contributed by atoms with Crippen LogP contribution in [0.4, 0.5) is 0 Å². The van der Waals surface area contributed by atoms with Crippen molar-refractivity contribution in [3.05, 3.63) is 95.2 Å². The largest absolute Gasteiger partial charge is 0.170 e. The summed E-state index contributed by atoms with van der Waals surface area (Å²) in [6.07, 6.45) is 10.1. The van der Waals surface area contributed by atoms with Crippen molar-refractivity contribution in [2.45, 2.75) is 0 Å². The minimum atomic E-state index is -0.749. The monoisotopic (exact) mass is 322 g/mol. The summed E-state index contributed by atoms with van der Waals surface area (Å²) < 4.78 is 0. The van der Waals surface area contributed by atoms with E-state index in [4.69, 9.17) is 11.1 Å². The zero-order chi connectivity index (χ0) is 15.8. The first-order chi connectivity index (χ1) is 10.7. The maximum Gasteiger partial charge on any atom is 0.155 e. The second-order valence-corrected chi connectivity index (χ2v) is 6.81. The predicted octanol–water partition coefficient (Wildman–Crippen LogP) is 5.35. The zero-order valence-corrected chi connectivity index (χ0v) is 14.7. The van der Waals surface area contributed by atoms with Crippen LogP contribution in [0.1, 0.15) is 22.3 Å². The average Bonchev–Trinajstić information content (AvgIpc) is 2.59. The molecule has 2 rings (SSSR count). The molecule has 0 bridgehead atoms. The molecule has 0 saturated heterocycles. The fourth-order valence-electron chi connectivity index (χ4n) is 2.02. The van der Waals surface area contributed by atoms with Crippen LogP contribution >= 0.6 is 11.1 Å². The number of benzene rings is 2. The normalized spacial score (nSPS) is 12.1. The van der Waals surface area contributed by atoms with Gasteiger partial charge in [0.25, 0.3) is 0 Å². The summed E-state index contributed by atoms with van der Waals surface area (Å²) in [6.45, 7) is 7.53. The third-order valence-corrected chi connectivity index (χ3v) is 5.01. The molecule has 0 N–H and O–H groups in total. The van der Waals surface area contributed by atoms with Crippen LogP contribution < -0.4 is 0 Å². The van der Waals surface area contributed by atoms with E-state index >= 15 is 0 Å². The van der Waals surface area contributed by atoms with Crippen LogP contribution in [0.15, 0.2) is 73.0 Å². The second kappa shape index (κ2) is 8.37. The van der Waals surface area contributed by atoms with E-state index in [2.05, 4.69) is 79.9 Å². The number of rotatable bonds is 6. The van der Waals surface area contributed by atoms with Crippen LogP contribution in [0.3, 0.4) is 0 Å². The highest BCUT2D eigenvalue weighted by Gasteiger charge is 1.95. The van der Waals surface area contributed by atoms with Gasteiger partial charge in [0.05, 0.1) is 0 Å². The van der Waals surface area contributed by atoms with Gasteiger partial charge in [0, 0.05) is 0 Å². The minimum Gasteiger partial charge on any atom is -0.170 e. The molecule has 0 spiro atoms. The topological polar surface area (TPSA) is 0 Å². The van der Waals surface area contributed by atoms with E-state index in [1.165, 1.54) is 10.8 Å². The molecule has 0 saturated carbocycles. The summed E-state index contributed by atoms with van der Waals surface area (Å²) in [5, 5.41) is 1.21. The lowest BCUT2D eigenvalue weighted by Gasteiger charge is -2.00. The highest BCUT2D eigenvalue weighted by atomic mass is 35.6. The van der Waals surface area contributed by atoms with E-state index in [9.17, 15) is 0 Å². The Morgan fingerprint density at radius 2 is 1.23 bits per heavy atom. The van der Waals surface area contributed by atoms with Gasteiger partial charge in [-0.1, -0.05) is 92.1 Å². The quantitative estimate of drug-likeness (QED) is 0.382. The van der Waals surface area contributed by atoms with Gasteiger partial charge in [-0.3, -0.25) is 0 Å². The van der Waals surface area contributed by atoms with Crippen LogP contribution in [0, 0.1) is 0 Å². The van der Waals surface area contributed by atoms with Crippen LogP contribution in [-0.2, 0) is 0 Å². The van der Waals surface area contributed by atoms with Crippen LogP contribution in [0.5, 0.6) is 0 Å². The lowest BCUT2D eigenvalue weighted by atomic mass is 10.1. The Morgan fingerprint density at radius 3 is 1.68 bits per heavy atom. The minimum absolute atomic E-state index is 0.749. The third-order valence-electron chi connectivity index (χ3n) is 3.34. The fourth-order valence-corrected chi connectivity index (χ4v) is 3.04. The Bertz CT molecular complexity index is 691. The summed E-state index contributed by atoms with van der Waals surface area (Å²) in [5.74, 6) is 0. The molecule has 22 heavy (non-hydrogen) atoms. The molecule has 2 heteroatoms. The second-order valence-electron chi connectivity index (χ2n) is 4.93. The molecular weight excluding hydrogens is 304 g/mol. The van der Waals surface area contributed by atoms with E-state index in [-0.39, 0.29) is 0 Å². The molecule has 0 aliphatic rings. The van der Waals surface area contributed by atoms with E-state index in [0.717, 1.165) is 16.7 Å². The average molecular weight is 323 g/mol. The Hall–Kier alpha value is -2.09. The highest BCUT2D eigenvalue weighted by Crippen LogP contribution is 2.13. The van der Waals surface area contributed by atoms with Crippen molar-refractivity contribution in [2.75, 3.05) is 0 Å².